The maximum atomic E-state index is 12.4. The molecule has 1 heterocycles. The maximum absolute atomic E-state index is 12.4. The number of H-pyrrole nitrogens is 1. The number of nitrogens with one attached hydrogen (secondary N) is 2. The third kappa shape index (κ3) is 3.22. The number of benzene rings is 1. The molecule has 0 aliphatic rings. The fourth-order valence-electron chi connectivity index (χ4n) is 2.48. The Balaban J connectivity index is 2.17. The van der Waals surface area contributed by atoms with Gasteiger partial charge in [0.1, 0.15) is 11.4 Å². The van der Waals surface area contributed by atoms with Gasteiger partial charge in [0, 0.05) is 11.9 Å². The molecular weight excluding hydrogens is 276 g/mol. The minimum atomic E-state index is -0.113. The van der Waals surface area contributed by atoms with Crippen molar-refractivity contribution in [2.75, 3.05) is 7.11 Å². The van der Waals surface area contributed by atoms with E-state index in [0.717, 1.165) is 33.9 Å². The van der Waals surface area contributed by atoms with E-state index in [0.29, 0.717) is 12.2 Å². The lowest BCUT2D eigenvalue weighted by atomic mass is 10.1. The Labute approximate surface area is 130 Å². The van der Waals surface area contributed by atoms with Crippen LogP contribution in [0.2, 0.25) is 0 Å². The average Bonchev–Trinajstić information content (AvgIpc) is 2.88. The highest BCUT2D eigenvalue weighted by molar-refractivity contribution is 5.94. The second-order valence-corrected chi connectivity index (χ2v) is 5.05. The van der Waals surface area contributed by atoms with Crippen molar-refractivity contribution in [3.63, 3.8) is 0 Å². The number of aromatic amines is 1. The van der Waals surface area contributed by atoms with Crippen LogP contribution in [0.1, 0.15) is 35.5 Å². The molecule has 22 heavy (non-hydrogen) atoms. The van der Waals surface area contributed by atoms with E-state index >= 15 is 0 Å². The monoisotopic (exact) mass is 298 g/mol. The topological polar surface area (TPSA) is 54.1 Å². The minimum absolute atomic E-state index is 0.113. The molecule has 2 N–H and O–H groups in total. The first kappa shape index (κ1) is 15.9. The van der Waals surface area contributed by atoms with Gasteiger partial charge in [-0.2, -0.15) is 0 Å². The van der Waals surface area contributed by atoms with Crippen molar-refractivity contribution < 1.29 is 9.53 Å². The van der Waals surface area contributed by atoms with Crippen LogP contribution in [0.4, 0.5) is 0 Å². The van der Waals surface area contributed by atoms with Crippen LogP contribution in [0.3, 0.4) is 0 Å². The van der Waals surface area contributed by atoms with Crippen LogP contribution in [0.25, 0.3) is 12.7 Å². The number of ether oxygens (including phenoxy) is 1. The van der Waals surface area contributed by atoms with Gasteiger partial charge >= 0.3 is 0 Å². The molecule has 1 aromatic heterocycles. The van der Waals surface area contributed by atoms with E-state index < -0.39 is 0 Å². The van der Waals surface area contributed by atoms with Gasteiger partial charge in [-0.3, -0.25) is 4.79 Å². The largest absolute Gasteiger partial charge is 0.497 e. The fraction of sp³-hybridized carbons (Fsp3) is 0.278. The molecule has 1 aromatic carbocycles. The van der Waals surface area contributed by atoms with Crippen LogP contribution < -0.4 is 20.6 Å². The van der Waals surface area contributed by atoms with Crippen molar-refractivity contribution in [3.05, 3.63) is 51.7 Å². The predicted molar refractivity (Wildman–Crippen MR) is 89.2 cm³/mol. The molecule has 0 radical (unpaired) electrons. The van der Waals surface area contributed by atoms with Crippen LogP contribution in [0, 0.1) is 0 Å². The summed E-state index contributed by atoms with van der Waals surface area (Å²) in [6.45, 7) is 8.45. The molecule has 0 unspecified atom stereocenters. The van der Waals surface area contributed by atoms with Crippen LogP contribution in [-0.4, -0.2) is 18.0 Å². The second-order valence-electron chi connectivity index (χ2n) is 5.05. The molecule has 4 nitrogen and oxygen atoms in total. The average molecular weight is 298 g/mol. The highest BCUT2D eigenvalue weighted by atomic mass is 16.5. The third-order valence-electron chi connectivity index (χ3n) is 3.71. The Hall–Kier alpha value is -2.49. The van der Waals surface area contributed by atoms with Gasteiger partial charge in [0.05, 0.1) is 7.11 Å². The summed E-state index contributed by atoms with van der Waals surface area (Å²) in [7, 11) is 1.63. The first-order chi connectivity index (χ1) is 10.6. The highest BCUT2D eigenvalue weighted by Gasteiger charge is 2.13. The minimum Gasteiger partial charge on any atom is -0.497 e. The van der Waals surface area contributed by atoms with E-state index in [4.69, 9.17) is 4.74 Å². The second kappa shape index (κ2) is 6.98. The van der Waals surface area contributed by atoms with E-state index in [1.54, 1.807) is 7.11 Å². The van der Waals surface area contributed by atoms with Crippen LogP contribution in [0.15, 0.2) is 24.3 Å². The molecule has 0 saturated heterocycles. The molecular formula is C18H22N2O2. The SMILES string of the molecule is C=c1c(CC)c(C(=O)NCc2cccc(OC)c2)[nH]/c1=C/C. The Morgan fingerprint density at radius 3 is 2.86 bits per heavy atom. The van der Waals surface area contributed by atoms with Gasteiger partial charge in [0.25, 0.3) is 5.91 Å². The summed E-state index contributed by atoms with van der Waals surface area (Å²) in [5, 5.41) is 4.74. The number of hydrogen-bond donors (Lipinski definition) is 2. The van der Waals surface area contributed by atoms with Crippen LogP contribution in [-0.2, 0) is 13.0 Å². The molecule has 0 fully saturated rings. The lowest BCUT2D eigenvalue weighted by Gasteiger charge is -2.07. The van der Waals surface area contributed by atoms with Crippen LogP contribution >= 0.6 is 0 Å². The molecule has 0 saturated carbocycles. The number of carbonyl (C=O) groups is 1. The van der Waals surface area contributed by atoms with Gasteiger partial charge in [-0.1, -0.05) is 31.7 Å². The molecule has 116 valence electrons. The number of carbonyl (C=O) groups excluding carboxylic acids is 1. The lowest BCUT2D eigenvalue weighted by molar-refractivity contribution is 0.0945. The van der Waals surface area contributed by atoms with Crippen LogP contribution in [0.5, 0.6) is 5.75 Å². The van der Waals surface area contributed by atoms with E-state index in [-0.39, 0.29) is 5.91 Å². The van der Waals surface area contributed by atoms with Crippen molar-refractivity contribution in [1.29, 1.82) is 0 Å². The number of aromatic nitrogens is 1. The van der Waals surface area contributed by atoms with Crippen molar-refractivity contribution in [3.8, 4) is 5.75 Å². The van der Waals surface area contributed by atoms with E-state index in [9.17, 15) is 4.79 Å². The van der Waals surface area contributed by atoms with Gasteiger partial charge in [0.15, 0.2) is 0 Å². The summed E-state index contributed by atoms with van der Waals surface area (Å²) in [6.07, 6.45) is 2.70. The Bertz CT molecular complexity index is 775. The maximum Gasteiger partial charge on any atom is 0.268 e. The predicted octanol–water partition coefficient (Wildman–Crippen LogP) is 1.73. The molecule has 0 aliphatic carbocycles. The molecule has 0 spiro atoms. The van der Waals surface area contributed by atoms with Crippen molar-refractivity contribution in [2.24, 2.45) is 0 Å². The molecule has 0 atom stereocenters. The number of methoxy groups -OCH3 is 1. The summed E-state index contributed by atoms with van der Waals surface area (Å²) in [6, 6.07) is 7.65. The van der Waals surface area contributed by atoms with E-state index in [2.05, 4.69) is 16.9 Å². The first-order valence-corrected chi connectivity index (χ1v) is 7.38. The molecule has 1 amide bonds. The summed E-state index contributed by atoms with van der Waals surface area (Å²) in [4.78, 5) is 15.6. The third-order valence-corrected chi connectivity index (χ3v) is 3.71. The molecule has 2 aromatic rings. The summed E-state index contributed by atoms with van der Waals surface area (Å²) in [5.74, 6) is 0.668. The van der Waals surface area contributed by atoms with Gasteiger partial charge in [-0.15, -0.1) is 0 Å². The molecule has 2 rings (SSSR count). The smallest absolute Gasteiger partial charge is 0.268 e. The summed E-state index contributed by atoms with van der Waals surface area (Å²) < 4.78 is 5.19. The molecule has 4 heteroatoms. The number of amides is 1. The van der Waals surface area contributed by atoms with Crippen molar-refractivity contribution in [1.82, 2.24) is 10.3 Å². The fourth-order valence-corrected chi connectivity index (χ4v) is 2.48. The van der Waals surface area contributed by atoms with Crippen molar-refractivity contribution >= 4 is 18.6 Å². The Morgan fingerprint density at radius 2 is 2.23 bits per heavy atom. The van der Waals surface area contributed by atoms with E-state index in [1.807, 2.05) is 44.2 Å². The van der Waals surface area contributed by atoms with Gasteiger partial charge in [0.2, 0.25) is 0 Å². The number of rotatable bonds is 5. The number of hydrogen-bond acceptors (Lipinski definition) is 2. The Morgan fingerprint density at radius 1 is 1.45 bits per heavy atom. The zero-order valence-corrected chi connectivity index (χ0v) is 13.3. The molecule has 0 aliphatic heterocycles. The normalized spacial score (nSPS) is 11.5. The zero-order chi connectivity index (χ0) is 16.1. The van der Waals surface area contributed by atoms with E-state index in [1.165, 1.54) is 0 Å². The van der Waals surface area contributed by atoms with Gasteiger partial charge in [-0.25, -0.2) is 0 Å². The molecule has 0 bridgehead atoms. The Kier molecular flexibility index (Phi) is 5.04. The van der Waals surface area contributed by atoms with Gasteiger partial charge < -0.3 is 15.0 Å². The first-order valence-electron chi connectivity index (χ1n) is 7.38. The van der Waals surface area contributed by atoms with Crippen molar-refractivity contribution in [2.45, 2.75) is 26.8 Å². The van der Waals surface area contributed by atoms with Gasteiger partial charge in [-0.05, 0) is 41.8 Å². The quantitative estimate of drug-likeness (QED) is 0.883. The highest BCUT2D eigenvalue weighted by Crippen LogP contribution is 2.12. The standard InChI is InChI=1S/C18H22N2O2/c1-5-15-12(3)16(6-2)20-17(15)18(21)19-11-13-8-7-9-14(10-13)22-4/h6-10,20H,3,5,11H2,1-2,4H3,(H,19,21)/b16-6+. The zero-order valence-electron chi connectivity index (χ0n) is 13.3. The lowest BCUT2D eigenvalue weighted by Crippen LogP contribution is -2.24. The summed E-state index contributed by atoms with van der Waals surface area (Å²) in [5.41, 5.74) is 2.56. The summed E-state index contributed by atoms with van der Waals surface area (Å²) >= 11 is 0.